The lowest BCUT2D eigenvalue weighted by Gasteiger charge is -2.15. The number of nitrogens with zero attached hydrogens (tertiary/aromatic N) is 1. The number of hydrogen-bond acceptors (Lipinski definition) is 2. The molecule has 0 atom stereocenters. The van der Waals surface area contributed by atoms with Gasteiger partial charge in [-0.05, 0) is 12.1 Å². The Labute approximate surface area is 82.5 Å². The van der Waals surface area contributed by atoms with Gasteiger partial charge in [0.1, 0.15) is 0 Å². The molecule has 1 aromatic carbocycles. The van der Waals surface area contributed by atoms with Gasteiger partial charge in [0.25, 0.3) is 0 Å². The second-order valence-electron chi connectivity index (χ2n) is 2.91. The number of benzene rings is 1. The van der Waals surface area contributed by atoms with E-state index in [-0.39, 0.29) is 5.91 Å². The van der Waals surface area contributed by atoms with E-state index in [1.54, 1.807) is 31.3 Å². The van der Waals surface area contributed by atoms with Crippen LogP contribution >= 0.6 is 0 Å². The molecule has 0 aliphatic heterocycles. The van der Waals surface area contributed by atoms with Gasteiger partial charge >= 0.3 is 0 Å². The van der Waals surface area contributed by atoms with E-state index in [9.17, 15) is 9.59 Å². The fourth-order valence-corrected chi connectivity index (χ4v) is 1.13. The van der Waals surface area contributed by atoms with Crippen LogP contribution in [0.2, 0.25) is 0 Å². The molecule has 1 N–H and O–H groups in total. The first-order valence-electron chi connectivity index (χ1n) is 4.20. The maximum absolute atomic E-state index is 10.9. The van der Waals surface area contributed by atoms with Gasteiger partial charge in [0.2, 0.25) is 12.3 Å². The van der Waals surface area contributed by atoms with Crippen LogP contribution in [-0.4, -0.2) is 19.4 Å². The largest absolute Gasteiger partial charge is 0.325 e. The zero-order chi connectivity index (χ0) is 10.6. The van der Waals surface area contributed by atoms with Crippen LogP contribution in [0.4, 0.5) is 11.4 Å². The first-order chi connectivity index (χ1) is 6.65. The summed E-state index contributed by atoms with van der Waals surface area (Å²) in [5, 5.41) is 2.65. The highest BCUT2D eigenvalue weighted by Crippen LogP contribution is 2.23. The summed E-state index contributed by atoms with van der Waals surface area (Å²) >= 11 is 0. The van der Waals surface area contributed by atoms with Crippen molar-refractivity contribution in [2.24, 2.45) is 0 Å². The molecular formula is C10H12N2O2. The SMILES string of the molecule is CC(=O)Nc1ccccc1N(C)C=O. The first-order valence-corrected chi connectivity index (χ1v) is 4.20. The monoisotopic (exact) mass is 192 g/mol. The van der Waals surface area contributed by atoms with E-state index in [0.29, 0.717) is 17.8 Å². The Morgan fingerprint density at radius 3 is 2.64 bits per heavy atom. The van der Waals surface area contributed by atoms with Gasteiger partial charge in [-0.25, -0.2) is 0 Å². The highest BCUT2D eigenvalue weighted by Gasteiger charge is 2.06. The Bertz CT molecular complexity index is 350. The van der Waals surface area contributed by atoms with Crippen LogP contribution in [0.1, 0.15) is 6.92 Å². The van der Waals surface area contributed by atoms with Crippen molar-refractivity contribution in [3.05, 3.63) is 24.3 Å². The molecule has 4 nitrogen and oxygen atoms in total. The molecule has 0 fully saturated rings. The number of rotatable bonds is 3. The molecule has 14 heavy (non-hydrogen) atoms. The minimum Gasteiger partial charge on any atom is -0.325 e. The molecule has 0 spiro atoms. The Morgan fingerprint density at radius 2 is 2.07 bits per heavy atom. The lowest BCUT2D eigenvalue weighted by Crippen LogP contribution is -2.17. The van der Waals surface area contributed by atoms with Crippen LogP contribution in [0.25, 0.3) is 0 Å². The second kappa shape index (κ2) is 4.41. The molecular weight excluding hydrogens is 180 g/mol. The topological polar surface area (TPSA) is 49.4 Å². The molecule has 0 saturated carbocycles. The van der Waals surface area contributed by atoms with Crippen molar-refractivity contribution in [2.45, 2.75) is 6.92 Å². The van der Waals surface area contributed by atoms with Crippen molar-refractivity contribution in [3.8, 4) is 0 Å². The van der Waals surface area contributed by atoms with E-state index in [2.05, 4.69) is 5.32 Å². The van der Waals surface area contributed by atoms with Gasteiger partial charge in [0.05, 0.1) is 11.4 Å². The Balaban J connectivity index is 3.02. The number of amides is 2. The Kier molecular flexibility index (Phi) is 3.23. The third kappa shape index (κ3) is 2.32. The van der Waals surface area contributed by atoms with E-state index in [4.69, 9.17) is 0 Å². The number of para-hydroxylation sites is 2. The van der Waals surface area contributed by atoms with Crippen molar-refractivity contribution in [1.29, 1.82) is 0 Å². The summed E-state index contributed by atoms with van der Waals surface area (Å²) in [5.41, 5.74) is 1.31. The van der Waals surface area contributed by atoms with Crippen LogP contribution in [-0.2, 0) is 9.59 Å². The average Bonchev–Trinajstić information content (AvgIpc) is 2.16. The van der Waals surface area contributed by atoms with Gasteiger partial charge in [-0.1, -0.05) is 12.1 Å². The molecule has 0 aliphatic carbocycles. The fourth-order valence-electron chi connectivity index (χ4n) is 1.13. The quantitative estimate of drug-likeness (QED) is 0.732. The van der Waals surface area contributed by atoms with Gasteiger partial charge in [-0.2, -0.15) is 0 Å². The van der Waals surface area contributed by atoms with E-state index in [1.807, 2.05) is 0 Å². The summed E-state index contributed by atoms with van der Waals surface area (Å²) < 4.78 is 0. The van der Waals surface area contributed by atoms with Gasteiger partial charge in [-0.15, -0.1) is 0 Å². The molecule has 0 saturated heterocycles. The molecule has 1 aromatic rings. The predicted octanol–water partition coefficient (Wildman–Crippen LogP) is 1.24. The zero-order valence-electron chi connectivity index (χ0n) is 8.15. The molecule has 2 amide bonds. The minimum absolute atomic E-state index is 0.156. The summed E-state index contributed by atoms with van der Waals surface area (Å²) in [4.78, 5) is 22.8. The van der Waals surface area contributed by atoms with Gasteiger partial charge in [-0.3, -0.25) is 9.59 Å². The van der Waals surface area contributed by atoms with Crippen LogP contribution in [0.5, 0.6) is 0 Å². The third-order valence-corrected chi connectivity index (χ3v) is 1.75. The zero-order valence-corrected chi connectivity index (χ0v) is 8.15. The number of carbonyl (C=O) groups excluding carboxylic acids is 2. The lowest BCUT2D eigenvalue weighted by atomic mass is 10.2. The second-order valence-corrected chi connectivity index (χ2v) is 2.91. The minimum atomic E-state index is -0.156. The molecule has 0 aromatic heterocycles. The lowest BCUT2D eigenvalue weighted by molar-refractivity contribution is -0.114. The molecule has 0 aliphatic rings. The standard InChI is InChI=1S/C10H12N2O2/c1-8(14)11-9-5-3-4-6-10(9)12(2)7-13/h3-7H,1-2H3,(H,11,14). The van der Waals surface area contributed by atoms with E-state index >= 15 is 0 Å². The maximum Gasteiger partial charge on any atom is 0.221 e. The fraction of sp³-hybridized carbons (Fsp3) is 0.200. The molecule has 0 bridgehead atoms. The number of carbonyl (C=O) groups is 2. The van der Waals surface area contributed by atoms with E-state index in [0.717, 1.165) is 0 Å². The van der Waals surface area contributed by atoms with Crippen LogP contribution in [0.3, 0.4) is 0 Å². The molecule has 0 radical (unpaired) electrons. The van der Waals surface area contributed by atoms with Crippen molar-refractivity contribution >= 4 is 23.7 Å². The van der Waals surface area contributed by atoms with Crippen LogP contribution in [0, 0.1) is 0 Å². The maximum atomic E-state index is 10.9. The summed E-state index contributed by atoms with van der Waals surface area (Å²) in [6.07, 6.45) is 0.695. The van der Waals surface area contributed by atoms with Crippen LogP contribution < -0.4 is 10.2 Å². The van der Waals surface area contributed by atoms with Crippen molar-refractivity contribution in [1.82, 2.24) is 0 Å². The molecule has 74 valence electrons. The van der Waals surface area contributed by atoms with E-state index < -0.39 is 0 Å². The van der Waals surface area contributed by atoms with Crippen molar-refractivity contribution < 1.29 is 9.59 Å². The molecule has 0 heterocycles. The molecule has 0 unspecified atom stereocenters. The van der Waals surface area contributed by atoms with Crippen molar-refractivity contribution in [3.63, 3.8) is 0 Å². The summed E-state index contributed by atoms with van der Waals surface area (Å²) in [7, 11) is 1.63. The molecule has 1 rings (SSSR count). The number of hydrogen-bond donors (Lipinski definition) is 1. The first kappa shape index (κ1) is 10.2. The summed E-state index contributed by atoms with van der Waals surface area (Å²) in [6, 6.07) is 7.12. The van der Waals surface area contributed by atoms with Crippen molar-refractivity contribution in [2.75, 3.05) is 17.3 Å². The predicted molar refractivity (Wildman–Crippen MR) is 55.2 cm³/mol. The number of nitrogens with one attached hydrogen (secondary N) is 1. The normalized spacial score (nSPS) is 9.29. The third-order valence-electron chi connectivity index (χ3n) is 1.75. The number of anilines is 2. The Hall–Kier alpha value is -1.84. The van der Waals surface area contributed by atoms with Gasteiger partial charge in [0, 0.05) is 14.0 Å². The van der Waals surface area contributed by atoms with Crippen LogP contribution in [0.15, 0.2) is 24.3 Å². The average molecular weight is 192 g/mol. The summed E-state index contributed by atoms with van der Waals surface area (Å²) in [5.74, 6) is -0.156. The Morgan fingerprint density at radius 1 is 1.43 bits per heavy atom. The highest BCUT2D eigenvalue weighted by molar-refractivity contribution is 5.95. The van der Waals surface area contributed by atoms with Gasteiger partial charge in [0.15, 0.2) is 0 Å². The van der Waals surface area contributed by atoms with E-state index in [1.165, 1.54) is 11.8 Å². The molecule has 4 heteroatoms. The highest BCUT2D eigenvalue weighted by atomic mass is 16.1. The smallest absolute Gasteiger partial charge is 0.221 e. The van der Waals surface area contributed by atoms with Gasteiger partial charge < -0.3 is 10.2 Å². The summed E-state index contributed by atoms with van der Waals surface area (Å²) in [6.45, 7) is 1.43.